The van der Waals surface area contributed by atoms with Crippen LogP contribution in [0.4, 0.5) is 5.69 Å². The van der Waals surface area contributed by atoms with Gasteiger partial charge in [0.25, 0.3) is 0 Å². The third-order valence-corrected chi connectivity index (χ3v) is 3.60. The normalized spacial score (nSPS) is 11.9. The van der Waals surface area contributed by atoms with Crippen LogP contribution in [0.5, 0.6) is 0 Å². The fourth-order valence-electron chi connectivity index (χ4n) is 2.73. The van der Waals surface area contributed by atoms with E-state index < -0.39 is 5.97 Å². The Hall–Kier alpha value is -2.11. The Bertz CT molecular complexity index is 689. The smallest absolute Gasteiger partial charge is 0.339 e. The van der Waals surface area contributed by atoms with Gasteiger partial charge in [-0.25, -0.2) is 9.78 Å². The molecule has 0 fully saturated rings. The molecular formula is C15H22N4O2. The summed E-state index contributed by atoms with van der Waals surface area (Å²) in [7, 11) is 1.81. The van der Waals surface area contributed by atoms with E-state index in [4.69, 9.17) is 0 Å². The van der Waals surface area contributed by atoms with Crippen LogP contribution in [0.1, 0.15) is 49.7 Å². The number of aryl methyl sites for hydroxylation is 2. The van der Waals surface area contributed by atoms with Crippen LogP contribution in [0.2, 0.25) is 0 Å². The average molecular weight is 290 g/mol. The number of hydrogen-bond donors (Lipinski definition) is 2. The third kappa shape index (κ3) is 2.84. The van der Waals surface area contributed by atoms with Gasteiger partial charge < -0.3 is 10.4 Å². The molecule has 2 rings (SSSR count). The summed E-state index contributed by atoms with van der Waals surface area (Å²) in [6.07, 6.45) is 3.36. The van der Waals surface area contributed by atoms with E-state index in [0.717, 1.165) is 23.9 Å². The number of hydrogen-bond acceptors (Lipinski definition) is 4. The van der Waals surface area contributed by atoms with Crippen molar-refractivity contribution in [1.82, 2.24) is 14.8 Å². The predicted molar refractivity (Wildman–Crippen MR) is 82.8 cm³/mol. The van der Waals surface area contributed by atoms with Gasteiger partial charge in [-0.05, 0) is 27.2 Å². The number of anilines is 1. The molecule has 0 aliphatic rings. The molecule has 2 heterocycles. The molecule has 0 amide bonds. The van der Waals surface area contributed by atoms with Crippen LogP contribution in [0.25, 0.3) is 11.0 Å². The molecule has 0 aliphatic carbocycles. The molecule has 0 aromatic carbocycles. The summed E-state index contributed by atoms with van der Waals surface area (Å²) in [4.78, 5) is 15.8. The Kier molecular flexibility index (Phi) is 3.89. The molecule has 0 saturated carbocycles. The number of fused-ring (bicyclic) bond motifs is 1. The fourth-order valence-corrected chi connectivity index (χ4v) is 2.73. The van der Waals surface area contributed by atoms with E-state index in [0.29, 0.717) is 11.3 Å². The maximum atomic E-state index is 11.5. The number of nitrogens with zero attached hydrogens (tertiary/aromatic N) is 3. The summed E-state index contributed by atoms with van der Waals surface area (Å²) < 4.78 is 1.67. The van der Waals surface area contributed by atoms with Gasteiger partial charge in [-0.1, -0.05) is 13.3 Å². The Morgan fingerprint density at radius 2 is 2.14 bits per heavy atom. The highest BCUT2D eigenvalue weighted by atomic mass is 16.4. The van der Waals surface area contributed by atoms with Crippen molar-refractivity contribution in [1.29, 1.82) is 0 Å². The van der Waals surface area contributed by atoms with Gasteiger partial charge in [-0.3, -0.25) is 4.68 Å². The van der Waals surface area contributed by atoms with E-state index >= 15 is 0 Å². The van der Waals surface area contributed by atoms with Crippen molar-refractivity contribution in [3.8, 4) is 0 Å². The second kappa shape index (κ2) is 5.35. The molecule has 0 saturated heterocycles. The highest BCUT2D eigenvalue weighted by Crippen LogP contribution is 2.31. The fraction of sp³-hybridized carbons (Fsp3) is 0.533. The molecule has 6 nitrogen and oxygen atoms in total. The topological polar surface area (TPSA) is 80.0 Å². The molecule has 2 aromatic heterocycles. The van der Waals surface area contributed by atoms with E-state index in [-0.39, 0.29) is 11.1 Å². The van der Waals surface area contributed by atoms with Gasteiger partial charge in [-0.15, -0.1) is 0 Å². The van der Waals surface area contributed by atoms with Crippen LogP contribution in [0.15, 0.2) is 6.20 Å². The maximum absolute atomic E-state index is 11.5. The first-order chi connectivity index (χ1) is 9.76. The van der Waals surface area contributed by atoms with Crippen LogP contribution in [0.3, 0.4) is 0 Å². The summed E-state index contributed by atoms with van der Waals surface area (Å²) in [6.45, 7) is 8.12. The van der Waals surface area contributed by atoms with E-state index in [1.54, 1.807) is 4.68 Å². The van der Waals surface area contributed by atoms with Crippen LogP contribution in [-0.4, -0.2) is 31.4 Å². The number of carboxylic acids is 1. The highest BCUT2D eigenvalue weighted by Gasteiger charge is 2.24. The highest BCUT2D eigenvalue weighted by molar-refractivity contribution is 6.04. The number of carbonyl (C=O) groups is 1. The van der Waals surface area contributed by atoms with Gasteiger partial charge in [0.15, 0.2) is 5.65 Å². The summed E-state index contributed by atoms with van der Waals surface area (Å²) in [5, 5.41) is 18.0. The standard InChI is InChI=1S/C15H22N4O2/c1-6-7-15(3,4)17-12-10(14(20)21)8-16-13-11(12)9(2)18-19(13)5/h8H,6-7H2,1-5H3,(H,16,17)(H,20,21). The quantitative estimate of drug-likeness (QED) is 0.885. The molecule has 0 unspecified atom stereocenters. The summed E-state index contributed by atoms with van der Waals surface area (Å²) >= 11 is 0. The molecule has 0 atom stereocenters. The second-order valence-electron chi connectivity index (χ2n) is 6.02. The molecule has 0 bridgehead atoms. The zero-order valence-corrected chi connectivity index (χ0v) is 13.2. The number of carboxylic acid groups (broad SMARTS) is 1. The lowest BCUT2D eigenvalue weighted by atomic mass is 9.97. The summed E-state index contributed by atoms with van der Waals surface area (Å²) in [6, 6.07) is 0. The van der Waals surface area contributed by atoms with E-state index in [9.17, 15) is 9.90 Å². The molecule has 114 valence electrons. The van der Waals surface area contributed by atoms with Gasteiger partial charge in [0.2, 0.25) is 0 Å². The first-order valence-electron chi connectivity index (χ1n) is 7.10. The molecular weight excluding hydrogens is 268 g/mol. The van der Waals surface area contributed by atoms with Crippen molar-refractivity contribution >= 4 is 22.7 Å². The van der Waals surface area contributed by atoms with Crippen molar-refractivity contribution in [2.75, 3.05) is 5.32 Å². The Morgan fingerprint density at radius 3 is 2.71 bits per heavy atom. The largest absolute Gasteiger partial charge is 0.478 e. The molecule has 21 heavy (non-hydrogen) atoms. The average Bonchev–Trinajstić information content (AvgIpc) is 2.64. The lowest BCUT2D eigenvalue weighted by molar-refractivity contribution is 0.0697. The minimum atomic E-state index is -0.984. The minimum Gasteiger partial charge on any atom is -0.478 e. The number of aromatic carboxylic acids is 1. The maximum Gasteiger partial charge on any atom is 0.339 e. The van der Waals surface area contributed by atoms with E-state index in [1.165, 1.54) is 6.20 Å². The summed E-state index contributed by atoms with van der Waals surface area (Å²) in [5.74, 6) is -0.984. The van der Waals surface area contributed by atoms with Crippen LogP contribution in [0, 0.1) is 6.92 Å². The van der Waals surface area contributed by atoms with Gasteiger partial charge in [0, 0.05) is 18.8 Å². The Morgan fingerprint density at radius 1 is 1.48 bits per heavy atom. The lowest BCUT2D eigenvalue weighted by Gasteiger charge is -2.28. The van der Waals surface area contributed by atoms with Crippen molar-refractivity contribution in [2.24, 2.45) is 7.05 Å². The van der Waals surface area contributed by atoms with Crippen molar-refractivity contribution in [3.05, 3.63) is 17.5 Å². The zero-order valence-electron chi connectivity index (χ0n) is 13.2. The van der Waals surface area contributed by atoms with E-state index in [1.807, 2.05) is 14.0 Å². The van der Waals surface area contributed by atoms with Gasteiger partial charge >= 0.3 is 5.97 Å². The van der Waals surface area contributed by atoms with Gasteiger partial charge in [0.05, 0.1) is 16.8 Å². The second-order valence-corrected chi connectivity index (χ2v) is 6.02. The van der Waals surface area contributed by atoms with Crippen molar-refractivity contribution in [3.63, 3.8) is 0 Å². The number of nitrogens with one attached hydrogen (secondary N) is 1. The van der Waals surface area contributed by atoms with Gasteiger partial charge in [-0.2, -0.15) is 5.10 Å². The molecule has 6 heteroatoms. The van der Waals surface area contributed by atoms with Crippen LogP contribution in [-0.2, 0) is 7.05 Å². The SMILES string of the molecule is CCCC(C)(C)Nc1c(C(=O)O)cnc2c1c(C)nn2C. The number of pyridine rings is 1. The lowest BCUT2D eigenvalue weighted by Crippen LogP contribution is -2.31. The van der Waals surface area contributed by atoms with Crippen molar-refractivity contribution in [2.45, 2.75) is 46.1 Å². The van der Waals surface area contributed by atoms with Crippen molar-refractivity contribution < 1.29 is 9.90 Å². The Labute approximate surface area is 124 Å². The molecule has 2 aromatic rings. The third-order valence-electron chi connectivity index (χ3n) is 3.60. The monoisotopic (exact) mass is 290 g/mol. The molecule has 0 aliphatic heterocycles. The molecule has 2 N–H and O–H groups in total. The first kappa shape index (κ1) is 15.3. The van der Waals surface area contributed by atoms with Crippen LogP contribution >= 0.6 is 0 Å². The molecule has 0 spiro atoms. The van der Waals surface area contributed by atoms with E-state index in [2.05, 4.69) is 36.2 Å². The Balaban J connectivity index is 2.67. The zero-order chi connectivity index (χ0) is 15.8. The predicted octanol–water partition coefficient (Wildman–Crippen LogP) is 2.97. The number of aromatic nitrogens is 3. The summed E-state index contributed by atoms with van der Waals surface area (Å²) in [5.41, 5.74) is 2.06. The van der Waals surface area contributed by atoms with Gasteiger partial charge in [0.1, 0.15) is 5.56 Å². The first-order valence-corrected chi connectivity index (χ1v) is 7.10. The molecule has 0 radical (unpaired) electrons. The number of rotatable bonds is 5. The minimum absolute atomic E-state index is 0.183. The van der Waals surface area contributed by atoms with Crippen LogP contribution < -0.4 is 5.32 Å².